The van der Waals surface area contributed by atoms with Crippen molar-refractivity contribution < 1.29 is 15.0 Å². The van der Waals surface area contributed by atoms with Crippen LogP contribution in [-0.2, 0) is 10.5 Å². The molecule has 0 fully saturated rings. The van der Waals surface area contributed by atoms with Crippen LogP contribution >= 0.6 is 0 Å². The van der Waals surface area contributed by atoms with Crippen molar-refractivity contribution in [3.8, 4) is 0 Å². The molecule has 0 spiro atoms. The number of fused-ring (bicyclic) bond motifs is 1. The summed E-state index contributed by atoms with van der Waals surface area (Å²) in [7, 11) is 0. The number of aliphatic hydroxyl groups is 1. The molecule has 1 aliphatic heterocycles. The maximum Gasteiger partial charge on any atom is 0.360 e. The van der Waals surface area contributed by atoms with Crippen LogP contribution in [0.3, 0.4) is 0 Å². The second-order valence-electron chi connectivity index (χ2n) is 6.45. The van der Waals surface area contributed by atoms with Crippen LogP contribution in [0.15, 0.2) is 60.9 Å². The number of carbonyl (C=O) groups is 1. The van der Waals surface area contributed by atoms with Crippen molar-refractivity contribution in [1.29, 1.82) is 0 Å². The first kappa shape index (κ1) is 16.3. The SMILES string of the molecule is Cc1ccc(C2Nc3ncnn3C(O)(C(=O)O)C2c2ccccc2)cc1. The minimum absolute atomic E-state index is 0.215. The summed E-state index contributed by atoms with van der Waals surface area (Å²) in [6.45, 7) is 1.98. The van der Waals surface area contributed by atoms with E-state index in [1.165, 1.54) is 6.33 Å². The van der Waals surface area contributed by atoms with Crippen molar-refractivity contribution in [3.05, 3.63) is 77.6 Å². The van der Waals surface area contributed by atoms with Gasteiger partial charge in [-0.2, -0.15) is 14.8 Å². The number of rotatable bonds is 3. The monoisotopic (exact) mass is 350 g/mol. The molecule has 0 saturated carbocycles. The first-order valence-electron chi connectivity index (χ1n) is 8.26. The first-order chi connectivity index (χ1) is 12.5. The third-order valence-electron chi connectivity index (χ3n) is 4.83. The van der Waals surface area contributed by atoms with Gasteiger partial charge in [0.25, 0.3) is 5.72 Å². The zero-order valence-corrected chi connectivity index (χ0v) is 14.1. The third-order valence-corrected chi connectivity index (χ3v) is 4.83. The fourth-order valence-corrected chi connectivity index (χ4v) is 3.53. The van der Waals surface area contributed by atoms with E-state index < -0.39 is 23.7 Å². The van der Waals surface area contributed by atoms with Gasteiger partial charge >= 0.3 is 5.97 Å². The predicted molar refractivity (Wildman–Crippen MR) is 94.6 cm³/mol. The van der Waals surface area contributed by atoms with Crippen LogP contribution in [0.5, 0.6) is 0 Å². The maximum atomic E-state index is 12.2. The zero-order valence-electron chi connectivity index (χ0n) is 14.1. The van der Waals surface area contributed by atoms with Crippen molar-refractivity contribution >= 4 is 11.9 Å². The lowest BCUT2D eigenvalue weighted by molar-refractivity contribution is -0.179. The van der Waals surface area contributed by atoms with Crippen LogP contribution in [0.2, 0.25) is 0 Å². The number of carboxylic acids is 1. The van der Waals surface area contributed by atoms with Crippen molar-refractivity contribution in [2.75, 3.05) is 5.32 Å². The van der Waals surface area contributed by atoms with Gasteiger partial charge < -0.3 is 15.5 Å². The van der Waals surface area contributed by atoms with E-state index in [1.807, 2.05) is 61.5 Å². The van der Waals surface area contributed by atoms with Crippen molar-refractivity contribution in [2.45, 2.75) is 24.6 Å². The van der Waals surface area contributed by atoms with E-state index in [9.17, 15) is 15.0 Å². The minimum Gasteiger partial charge on any atom is -0.478 e. The Balaban J connectivity index is 1.95. The highest BCUT2D eigenvalue weighted by Gasteiger charge is 2.56. The Kier molecular flexibility index (Phi) is 3.73. The molecule has 0 aliphatic carbocycles. The average Bonchev–Trinajstić information content (AvgIpc) is 3.12. The molecule has 0 radical (unpaired) electrons. The number of aromatic nitrogens is 3. The summed E-state index contributed by atoms with van der Waals surface area (Å²) in [4.78, 5) is 16.3. The summed E-state index contributed by atoms with van der Waals surface area (Å²) in [5, 5.41) is 28.4. The highest BCUT2D eigenvalue weighted by atomic mass is 16.4. The van der Waals surface area contributed by atoms with Gasteiger partial charge in [0.05, 0.1) is 12.0 Å². The summed E-state index contributed by atoms with van der Waals surface area (Å²) >= 11 is 0. The summed E-state index contributed by atoms with van der Waals surface area (Å²) in [5.74, 6) is -1.97. The summed E-state index contributed by atoms with van der Waals surface area (Å²) < 4.78 is 1.04. The highest BCUT2D eigenvalue weighted by Crippen LogP contribution is 2.47. The summed E-state index contributed by atoms with van der Waals surface area (Å²) in [6, 6.07) is 16.4. The molecule has 0 saturated heterocycles. The van der Waals surface area contributed by atoms with Gasteiger partial charge in [-0.25, -0.2) is 4.79 Å². The molecule has 0 bridgehead atoms. The van der Waals surface area contributed by atoms with Gasteiger partial charge in [-0.15, -0.1) is 0 Å². The molecule has 1 aliphatic rings. The highest BCUT2D eigenvalue weighted by molar-refractivity contribution is 5.78. The average molecular weight is 350 g/mol. The number of anilines is 1. The molecule has 2 heterocycles. The van der Waals surface area contributed by atoms with Crippen molar-refractivity contribution in [3.63, 3.8) is 0 Å². The number of benzene rings is 2. The van der Waals surface area contributed by atoms with Gasteiger partial charge in [0, 0.05) is 0 Å². The molecule has 1 aromatic heterocycles. The molecule has 0 amide bonds. The molecule has 4 rings (SSSR count). The lowest BCUT2D eigenvalue weighted by Crippen LogP contribution is -2.54. The molecule has 3 N–H and O–H groups in total. The summed E-state index contributed by atoms with van der Waals surface area (Å²) in [5.41, 5.74) is 0.376. The Labute approximate surface area is 149 Å². The zero-order chi connectivity index (χ0) is 18.3. The predicted octanol–water partition coefficient (Wildman–Crippen LogP) is 2.27. The molecule has 2 aromatic carbocycles. The molecule has 3 unspecified atom stereocenters. The molecule has 7 nitrogen and oxygen atoms in total. The van der Waals surface area contributed by atoms with E-state index in [2.05, 4.69) is 15.4 Å². The van der Waals surface area contributed by atoms with Gasteiger partial charge in [0.15, 0.2) is 0 Å². The molecule has 7 heteroatoms. The third kappa shape index (κ3) is 2.36. The Bertz CT molecular complexity index is 939. The van der Waals surface area contributed by atoms with E-state index in [0.717, 1.165) is 15.8 Å². The normalized spacial score (nSPS) is 24.5. The quantitative estimate of drug-likeness (QED) is 0.670. The van der Waals surface area contributed by atoms with Crippen LogP contribution in [-0.4, -0.2) is 30.9 Å². The minimum atomic E-state index is -2.27. The Morgan fingerprint density at radius 1 is 1.12 bits per heavy atom. The van der Waals surface area contributed by atoms with Gasteiger partial charge in [0.1, 0.15) is 6.33 Å². The van der Waals surface area contributed by atoms with Crippen LogP contribution in [0, 0.1) is 6.92 Å². The van der Waals surface area contributed by atoms with Crippen LogP contribution in [0.25, 0.3) is 0 Å². The van der Waals surface area contributed by atoms with Crippen molar-refractivity contribution in [2.24, 2.45) is 0 Å². The van der Waals surface area contributed by atoms with E-state index >= 15 is 0 Å². The van der Waals surface area contributed by atoms with Gasteiger partial charge in [-0.3, -0.25) is 0 Å². The molecule has 3 atom stereocenters. The van der Waals surface area contributed by atoms with Crippen LogP contribution < -0.4 is 5.32 Å². The second-order valence-corrected chi connectivity index (χ2v) is 6.45. The Morgan fingerprint density at radius 2 is 1.81 bits per heavy atom. The molecular formula is C19H18N4O3. The standard InChI is InChI=1S/C19H18N4O3/c1-12-7-9-14(10-8-12)16-15(13-5-3-2-4-6-13)19(26,17(24)25)23-18(22-16)20-11-21-23/h2-11,15-16,26H,1H3,(H,24,25)(H,20,21,22). The van der Waals surface area contributed by atoms with Crippen LogP contribution in [0.4, 0.5) is 5.95 Å². The number of nitrogens with zero attached hydrogens (tertiary/aromatic N) is 3. The number of hydrogen-bond acceptors (Lipinski definition) is 5. The van der Waals surface area contributed by atoms with E-state index in [1.54, 1.807) is 0 Å². The smallest absolute Gasteiger partial charge is 0.360 e. The van der Waals surface area contributed by atoms with E-state index in [-0.39, 0.29) is 5.95 Å². The second kappa shape index (κ2) is 5.96. The summed E-state index contributed by atoms with van der Waals surface area (Å²) in [6.07, 6.45) is 1.23. The molecule has 132 valence electrons. The number of aliphatic carboxylic acids is 1. The fraction of sp³-hybridized carbons (Fsp3) is 0.211. The lowest BCUT2D eigenvalue weighted by atomic mass is 9.78. The Morgan fingerprint density at radius 3 is 2.46 bits per heavy atom. The topological polar surface area (TPSA) is 100 Å². The van der Waals surface area contributed by atoms with E-state index in [0.29, 0.717) is 5.56 Å². The number of carboxylic acid groups (broad SMARTS) is 1. The van der Waals surface area contributed by atoms with Gasteiger partial charge in [-0.05, 0) is 18.1 Å². The van der Waals surface area contributed by atoms with Gasteiger partial charge in [0.2, 0.25) is 5.95 Å². The van der Waals surface area contributed by atoms with Gasteiger partial charge in [-0.1, -0.05) is 60.2 Å². The number of hydrogen-bond donors (Lipinski definition) is 3. The molecule has 26 heavy (non-hydrogen) atoms. The molecular weight excluding hydrogens is 332 g/mol. The fourth-order valence-electron chi connectivity index (χ4n) is 3.53. The largest absolute Gasteiger partial charge is 0.478 e. The van der Waals surface area contributed by atoms with E-state index in [4.69, 9.17) is 0 Å². The number of aryl methyl sites for hydroxylation is 1. The first-order valence-corrected chi connectivity index (χ1v) is 8.26. The maximum absolute atomic E-state index is 12.2. The molecule has 3 aromatic rings. The van der Waals surface area contributed by atoms with Crippen LogP contribution in [0.1, 0.15) is 28.7 Å². The lowest BCUT2D eigenvalue weighted by Gasteiger charge is -2.42. The van der Waals surface area contributed by atoms with Crippen molar-refractivity contribution in [1.82, 2.24) is 14.8 Å². The number of nitrogens with one attached hydrogen (secondary N) is 1. The Hall–Kier alpha value is -3.19.